The molecule has 0 bridgehead atoms. The van der Waals surface area contributed by atoms with E-state index in [9.17, 15) is 14.0 Å². The van der Waals surface area contributed by atoms with Crippen molar-refractivity contribution in [2.45, 2.75) is 13.8 Å². The van der Waals surface area contributed by atoms with Gasteiger partial charge in [-0.15, -0.1) is 0 Å². The van der Waals surface area contributed by atoms with Crippen LogP contribution >= 0.6 is 0 Å². The molecular formula is C18H20FN3O3. The summed E-state index contributed by atoms with van der Waals surface area (Å²) in [5.41, 5.74) is 1.48. The summed E-state index contributed by atoms with van der Waals surface area (Å²) in [7, 11) is 0. The second-order valence-electron chi connectivity index (χ2n) is 6.07. The second kappa shape index (κ2) is 6.96. The highest BCUT2D eigenvalue weighted by Gasteiger charge is 2.26. The lowest BCUT2D eigenvalue weighted by atomic mass is 10.2. The Balaban J connectivity index is 1.55. The van der Waals surface area contributed by atoms with E-state index >= 15 is 0 Å². The van der Waals surface area contributed by atoms with Gasteiger partial charge in [-0.05, 0) is 49.7 Å². The van der Waals surface area contributed by atoms with Crippen molar-refractivity contribution in [1.29, 1.82) is 0 Å². The Labute approximate surface area is 145 Å². The van der Waals surface area contributed by atoms with Gasteiger partial charge in [-0.2, -0.15) is 0 Å². The summed E-state index contributed by atoms with van der Waals surface area (Å²) in [6.07, 6.45) is 0. The van der Waals surface area contributed by atoms with Gasteiger partial charge in [-0.1, -0.05) is 0 Å². The first-order chi connectivity index (χ1) is 11.9. The molecule has 0 saturated carbocycles. The van der Waals surface area contributed by atoms with Crippen molar-refractivity contribution in [3.05, 3.63) is 53.2 Å². The van der Waals surface area contributed by atoms with E-state index in [0.29, 0.717) is 37.6 Å². The molecule has 1 aliphatic rings. The van der Waals surface area contributed by atoms with Gasteiger partial charge in [-0.3, -0.25) is 4.79 Å². The number of rotatable bonds is 2. The van der Waals surface area contributed by atoms with E-state index in [2.05, 4.69) is 5.32 Å². The summed E-state index contributed by atoms with van der Waals surface area (Å²) in [5, 5.41) is 2.72. The lowest BCUT2D eigenvalue weighted by molar-refractivity contribution is 0.0639. The Kier molecular flexibility index (Phi) is 4.74. The summed E-state index contributed by atoms with van der Waals surface area (Å²) >= 11 is 0. The van der Waals surface area contributed by atoms with Crippen molar-refractivity contribution < 1.29 is 18.4 Å². The van der Waals surface area contributed by atoms with Gasteiger partial charge in [-0.25, -0.2) is 9.18 Å². The predicted molar refractivity (Wildman–Crippen MR) is 91.1 cm³/mol. The molecular weight excluding hydrogens is 325 g/mol. The molecule has 1 aromatic carbocycles. The van der Waals surface area contributed by atoms with Crippen LogP contribution in [0.25, 0.3) is 0 Å². The Hall–Kier alpha value is -2.83. The Bertz CT molecular complexity index is 758. The topological polar surface area (TPSA) is 65.8 Å². The third kappa shape index (κ3) is 3.81. The molecule has 1 saturated heterocycles. The summed E-state index contributed by atoms with van der Waals surface area (Å²) < 4.78 is 18.4. The molecule has 1 fully saturated rings. The fourth-order valence-electron chi connectivity index (χ4n) is 2.68. The van der Waals surface area contributed by atoms with E-state index in [0.717, 1.165) is 11.3 Å². The first-order valence-corrected chi connectivity index (χ1v) is 8.12. The molecule has 0 aliphatic carbocycles. The van der Waals surface area contributed by atoms with Gasteiger partial charge < -0.3 is 19.5 Å². The Morgan fingerprint density at radius 2 is 1.64 bits per heavy atom. The molecule has 132 valence electrons. The zero-order valence-corrected chi connectivity index (χ0v) is 14.2. The zero-order chi connectivity index (χ0) is 18.0. The van der Waals surface area contributed by atoms with E-state index in [-0.39, 0.29) is 17.8 Å². The predicted octanol–water partition coefficient (Wildman–Crippen LogP) is 3.03. The standard InChI is InChI=1S/C18H20FN3O3/c1-12-11-16(25-13(12)2)17(23)21-7-9-22(10-8-21)18(24)20-15-5-3-14(19)4-6-15/h3-6,11H,7-10H2,1-2H3,(H,20,24). The van der Waals surface area contributed by atoms with Crippen LogP contribution in [0, 0.1) is 19.7 Å². The number of anilines is 1. The molecule has 1 N–H and O–H groups in total. The van der Waals surface area contributed by atoms with Crippen LogP contribution in [-0.4, -0.2) is 47.9 Å². The van der Waals surface area contributed by atoms with Gasteiger partial charge in [0.05, 0.1) is 0 Å². The van der Waals surface area contributed by atoms with E-state index in [1.54, 1.807) is 15.9 Å². The normalized spacial score (nSPS) is 14.5. The Morgan fingerprint density at radius 1 is 1.04 bits per heavy atom. The average molecular weight is 345 g/mol. The number of carbonyl (C=O) groups excluding carboxylic acids is 2. The van der Waals surface area contributed by atoms with E-state index in [1.165, 1.54) is 24.3 Å². The third-order valence-corrected chi connectivity index (χ3v) is 4.33. The van der Waals surface area contributed by atoms with Gasteiger partial charge in [0.15, 0.2) is 5.76 Å². The maximum atomic E-state index is 12.9. The number of amides is 3. The maximum Gasteiger partial charge on any atom is 0.321 e. The molecule has 1 aromatic heterocycles. The van der Waals surface area contributed by atoms with E-state index < -0.39 is 0 Å². The molecule has 0 spiro atoms. The first kappa shape index (κ1) is 17.0. The summed E-state index contributed by atoms with van der Waals surface area (Å²) in [4.78, 5) is 28.0. The molecule has 25 heavy (non-hydrogen) atoms. The van der Waals surface area contributed by atoms with Crippen LogP contribution in [0.3, 0.4) is 0 Å². The van der Waals surface area contributed by atoms with Crippen LogP contribution in [0.1, 0.15) is 21.9 Å². The first-order valence-electron chi connectivity index (χ1n) is 8.12. The third-order valence-electron chi connectivity index (χ3n) is 4.33. The minimum absolute atomic E-state index is 0.158. The fraction of sp³-hybridized carbons (Fsp3) is 0.333. The Morgan fingerprint density at radius 3 is 2.20 bits per heavy atom. The molecule has 0 radical (unpaired) electrons. The number of aryl methyl sites for hydroxylation is 2. The molecule has 6 nitrogen and oxygen atoms in total. The fourth-order valence-corrected chi connectivity index (χ4v) is 2.68. The quantitative estimate of drug-likeness (QED) is 0.910. The van der Waals surface area contributed by atoms with Crippen LogP contribution in [0.15, 0.2) is 34.7 Å². The molecule has 3 rings (SSSR count). The van der Waals surface area contributed by atoms with Gasteiger partial charge in [0.2, 0.25) is 0 Å². The minimum Gasteiger partial charge on any atom is -0.456 e. The van der Waals surface area contributed by atoms with Crippen molar-refractivity contribution >= 4 is 17.6 Å². The maximum absolute atomic E-state index is 12.9. The SMILES string of the molecule is Cc1cc(C(=O)N2CCN(C(=O)Nc3ccc(F)cc3)CC2)oc1C. The summed E-state index contributed by atoms with van der Waals surface area (Å²) in [5.74, 6) is 0.559. The number of hydrogen-bond acceptors (Lipinski definition) is 3. The number of halogens is 1. The molecule has 1 aliphatic heterocycles. The molecule has 0 unspecified atom stereocenters. The number of hydrogen-bond donors (Lipinski definition) is 1. The number of nitrogens with zero attached hydrogens (tertiary/aromatic N) is 2. The number of piperazine rings is 1. The van der Waals surface area contributed by atoms with Crippen molar-refractivity contribution in [3.8, 4) is 0 Å². The van der Waals surface area contributed by atoms with Crippen LogP contribution in [0.5, 0.6) is 0 Å². The molecule has 7 heteroatoms. The molecule has 0 atom stereocenters. The number of benzene rings is 1. The highest BCUT2D eigenvalue weighted by Crippen LogP contribution is 2.17. The average Bonchev–Trinajstić information content (AvgIpc) is 2.95. The van der Waals surface area contributed by atoms with Crippen molar-refractivity contribution in [1.82, 2.24) is 9.80 Å². The van der Waals surface area contributed by atoms with Gasteiger partial charge in [0.25, 0.3) is 5.91 Å². The highest BCUT2D eigenvalue weighted by molar-refractivity contribution is 5.92. The lowest BCUT2D eigenvalue weighted by Crippen LogP contribution is -2.51. The zero-order valence-electron chi connectivity index (χ0n) is 14.2. The number of furan rings is 1. The lowest BCUT2D eigenvalue weighted by Gasteiger charge is -2.34. The molecule has 3 amide bonds. The van der Waals surface area contributed by atoms with E-state index in [4.69, 9.17) is 4.42 Å². The van der Waals surface area contributed by atoms with Gasteiger partial charge >= 0.3 is 6.03 Å². The largest absolute Gasteiger partial charge is 0.456 e. The number of urea groups is 1. The van der Waals surface area contributed by atoms with Crippen LogP contribution in [-0.2, 0) is 0 Å². The van der Waals surface area contributed by atoms with Crippen LogP contribution < -0.4 is 5.32 Å². The van der Waals surface area contributed by atoms with Crippen molar-refractivity contribution in [3.63, 3.8) is 0 Å². The minimum atomic E-state index is -0.353. The van der Waals surface area contributed by atoms with Crippen LogP contribution in [0.2, 0.25) is 0 Å². The summed E-state index contributed by atoms with van der Waals surface area (Å²) in [6, 6.07) is 7.08. The molecule has 2 heterocycles. The number of nitrogens with one attached hydrogen (secondary N) is 1. The highest BCUT2D eigenvalue weighted by atomic mass is 19.1. The number of carbonyl (C=O) groups is 2. The smallest absolute Gasteiger partial charge is 0.321 e. The van der Waals surface area contributed by atoms with Crippen LogP contribution in [0.4, 0.5) is 14.9 Å². The second-order valence-corrected chi connectivity index (χ2v) is 6.07. The van der Waals surface area contributed by atoms with Gasteiger partial charge in [0.1, 0.15) is 11.6 Å². The monoisotopic (exact) mass is 345 g/mol. The van der Waals surface area contributed by atoms with Gasteiger partial charge in [0, 0.05) is 31.9 Å². The van der Waals surface area contributed by atoms with Crippen molar-refractivity contribution in [2.24, 2.45) is 0 Å². The van der Waals surface area contributed by atoms with E-state index in [1.807, 2.05) is 13.8 Å². The van der Waals surface area contributed by atoms with Crippen molar-refractivity contribution in [2.75, 3.05) is 31.5 Å². The summed E-state index contributed by atoms with van der Waals surface area (Å²) in [6.45, 7) is 5.45. The molecule has 2 aromatic rings.